The molecule has 3 rings (SSSR count). The highest BCUT2D eigenvalue weighted by Gasteiger charge is 2.31. The number of rotatable bonds is 1. The summed E-state index contributed by atoms with van der Waals surface area (Å²) in [6, 6.07) is 9.33. The number of fused-ring (bicyclic) bond motifs is 1. The number of hydrogen-bond donors (Lipinski definition) is 1. The van der Waals surface area contributed by atoms with Gasteiger partial charge in [0.15, 0.2) is 0 Å². The van der Waals surface area contributed by atoms with Crippen molar-refractivity contribution in [2.45, 2.75) is 31.9 Å². The number of halogens is 4. The van der Waals surface area contributed by atoms with Crippen molar-refractivity contribution >= 4 is 23.4 Å². The van der Waals surface area contributed by atoms with Crippen LogP contribution < -0.4 is 10.1 Å². The average Bonchev–Trinajstić information content (AvgIpc) is 2.76. The first-order valence-electron chi connectivity index (χ1n) is 10.4. The summed E-state index contributed by atoms with van der Waals surface area (Å²) in [5.74, 6) is -0.301. The molecule has 32 heavy (non-hydrogen) atoms. The monoisotopic (exact) mass is 468 g/mol. The molecular weight excluding hydrogens is 445 g/mol. The van der Waals surface area contributed by atoms with Gasteiger partial charge in [-0.25, -0.2) is 0 Å². The Morgan fingerprint density at radius 2 is 1.78 bits per heavy atom. The van der Waals surface area contributed by atoms with E-state index >= 15 is 0 Å². The van der Waals surface area contributed by atoms with Crippen LogP contribution in [0, 0.1) is 0 Å². The average molecular weight is 469 g/mol. The van der Waals surface area contributed by atoms with Crippen LogP contribution in [-0.4, -0.2) is 43.0 Å². The highest BCUT2D eigenvalue weighted by Crippen LogP contribution is 2.30. The molecule has 0 spiro atoms. The van der Waals surface area contributed by atoms with Crippen LogP contribution >= 0.6 is 11.6 Å². The van der Waals surface area contributed by atoms with Crippen LogP contribution in [0.2, 0.25) is 5.02 Å². The van der Waals surface area contributed by atoms with Gasteiger partial charge in [0.1, 0.15) is 5.75 Å². The molecule has 1 aliphatic heterocycles. The number of alkyl halides is 3. The van der Waals surface area contributed by atoms with E-state index in [4.69, 9.17) is 16.3 Å². The van der Waals surface area contributed by atoms with E-state index in [-0.39, 0.29) is 11.5 Å². The number of amides is 2. The van der Waals surface area contributed by atoms with Crippen molar-refractivity contribution in [3.05, 3.63) is 64.2 Å². The number of carbonyl (C=O) groups excluding carboxylic acids is 2. The van der Waals surface area contributed by atoms with Gasteiger partial charge in [0.25, 0.3) is 11.8 Å². The second-order valence-electron chi connectivity index (χ2n) is 7.53. The van der Waals surface area contributed by atoms with E-state index in [0.29, 0.717) is 68.3 Å². The van der Waals surface area contributed by atoms with Crippen molar-refractivity contribution in [2.24, 2.45) is 0 Å². The minimum atomic E-state index is -4.51. The quantitative estimate of drug-likeness (QED) is 0.627. The molecule has 0 unspecified atom stereocenters. The molecule has 0 saturated carbocycles. The first kappa shape index (κ1) is 23.9. The van der Waals surface area contributed by atoms with Crippen LogP contribution in [-0.2, 0) is 6.18 Å². The van der Waals surface area contributed by atoms with E-state index < -0.39 is 17.6 Å². The molecule has 0 fully saturated rings. The van der Waals surface area contributed by atoms with Crippen LogP contribution in [0.3, 0.4) is 0 Å². The van der Waals surface area contributed by atoms with Crippen molar-refractivity contribution in [3.8, 4) is 5.75 Å². The highest BCUT2D eigenvalue weighted by atomic mass is 35.5. The maximum absolute atomic E-state index is 13.0. The molecule has 1 N–H and O–H groups in total. The normalized spacial score (nSPS) is 16.4. The summed E-state index contributed by atoms with van der Waals surface area (Å²) in [7, 11) is 0. The van der Waals surface area contributed by atoms with Crippen LogP contribution in [0.1, 0.15) is 52.0 Å². The Kier molecular flexibility index (Phi) is 8.01. The predicted molar refractivity (Wildman–Crippen MR) is 115 cm³/mol. The highest BCUT2D eigenvalue weighted by molar-refractivity contribution is 6.31. The lowest BCUT2D eigenvalue weighted by molar-refractivity contribution is -0.137. The maximum Gasteiger partial charge on any atom is 0.416 e. The summed E-state index contributed by atoms with van der Waals surface area (Å²) in [5, 5.41) is 3.25. The lowest BCUT2D eigenvalue weighted by Gasteiger charge is -2.24. The third-order valence-electron chi connectivity index (χ3n) is 5.13. The van der Waals surface area contributed by atoms with E-state index in [1.165, 1.54) is 12.1 Å². The second-order valence-corrected chi connectivity index (χ2v) is 7.97. The Balaban J connectivity index is 1.70. The fourth-order valence-corrected chi connectivity index (χ4v) is 3.62. The standard InChI is InChI=1S/C23H24ClF3N2O3/c24-18-8-9-20-19(15-18)21(30)28-10-1-2-11-29(12-3-4-13-32-20)22(31)16-6-5-7-17(14-16)23(25,26)27/h5-9,14-15H,1-4,10-13H2,(H,28,30). The first-order chi connectivity index (χ1) is 15.3. The molecule has 9 heteroatoms. The minimum Gasteiger partial charge on any atom is -0.493 e. The van der Waals surface area contributed by atoms with Gasteiger partial charge in [0.05, 0.1) is 17.7 Å². The smallest absolute Gasteiger partial charge is 0.416 e. The number of benzene rings is 2. The molecule has 2 aromatic carbocycles. The van der Waals surface area contributed by atoms with E-state index in [0.717, 1.165) is 12.1 Å². The minimum absolute atomic E-state index is 0.0105. The number of hydrogen-bond acceptors (Lipinski definition) is 3. The van der Waals surface area contributed by atoms with Crippen molar-refractivity contribution in [1.29, 1.82) is 0 Å². The number of ether oxygens (including phenoxy) is 1. The van der Waals surface area contributed by atoms with E-state index in [2.05, 4.69) is 5.32 Å². The van der Waals surface area contributed by atoms with Gasteiger partial charge in [-0.15, -0.1) is 0 Å². The fraction of sp³-hybridized carbons (Fsp3) is 0.391. The number of nitrogens with zero attached hydrogens (tertiary/aromatic N) is 1. The Labute approximate surface area is 189 Å². The zero-order valence-corrected chi connectivity index (χ0v) is 18.1. The number of nitrogens with one attached hydrogen (secondary N) is 1. The van der Waals surface area contributed by atoms with Gasteiger partial charge in [-0.3, -0.25) is 9.59 Å². The predicted octanol–water partition coefficient (Wildman–Crippen LogP) is 5.18. The van der Waals surface area contributed by atoms with Crippen molar-refractivity contribution in [1.82, 2.24) is 10.2 Å². The molecule has 2 aromatic rings. The molecule has 172 valence electrons. The van der Waals surface area contributed by atoms with Crippen molar-refractivity contribution in [3.63, 3.8) is 0 Å². The molecule has 5 nitrogen and oxygen atoms in total. The van der Waals surface area contributed by atoms with Gasteiger partial charge in [0, 0.05) is 30.2 Å². The zero-order chi connectivity index (χ0) is 23.1. The van der Waals surface area contributed by atoms with E-state index in [9.17, 15) is 22.8 Å². The molecule has 1 heterocycles. The van der Waals surface area contributed by atoms with E-state index in [1.54, 1.807) is 23.1 Å². The second kappa shape index (κ2) is 10.7. The molecule has 0 aliphatic carbocycles. The topological polar surface area (TPSA) is 58.6 Å². The Bertz CT molecular complexity index is 966. The third-order valence-corrected chi connectivity index (χ3v) is 5.37. The van der Waals surface area contributed by atoms with Crippen molar-refractivity contribution in [2.75, 3.05) is 26.2 Å². The van der Waals surface area contributed by atoms with Gasteiger partial charge >= 0.3 is 6.18 Å². The first-order valence-corrected chi connectivity index (χ1v) is 10.8. The lowest BCUT2D eigenvalue weighted by Crippen LogP contribution is -2.34. The van der Waals surface area contributed by atoms with Gasteiger partial charge < -0.3 is 15.0 Å². The Morgan fingerprint density at radius 3 is 2.53 bits per heavy atom. The molecule has 0 aromatic heterocycles. The SMILES string of the molecule is O=C1NCCCCN(C(=O)c2cccc(C(F)(F)F)c2)CCCCOc2ccc(Cl)cc21. The molecule has 0 bridgehead atoms. The molecule has 1 aliphatic rings. The summed E-state index contributed by atoms with van der Waals surface area (Å²) in [6.07, 6.45) is -2.08. The van der Waals surface area contributed by atoms with Crippen LogP contribution in [0.25, 0.3) is 0 Å². The molecule has 0 saturated heterocycles. The van der Waals surface area contributed by atoms with Gasteiger partial charge in [-0.1, -0.05) is 17.7 Å². The molecule has 0 atom stereocenters. The van der Waals surface area contributed by atoms with Gasteiger partial charge in [-0.2, -0.15) is 13.2 Å². The largest absolute Gasteiger partial charge is 0.493 e. The van der Waals surface area contributed by atoms with E-state index in [1.807, 2.05) is 0 Å². The van der Waals surface area contributed by atoms with Gasteiger partial charge in [-0.05, 0) is 62.1 Å². The Hall–Kier alpha value is -2.74. The van der Waals surface area contributed by atoms with Gasteiger partial charge in [0.2, 0.25) is 0 Å². The summed E-state index contributed by atoms with van der Waals surface area (Å²) in [4.78, 5) is 27.0. The summed E-state index contributed by atoms with van der Waals surface area (Å²) < 4.78 is 44.8. The summed E-state index contributed by atoms with van der Waals surface area (Å²) >= 11 is 6.01. The number of carbonyl (C=O) groups is 2. The van der Waals surface area contributed by atoms with Crippen molar-refractivity contribution < 1.29 is 27.5 Å². The zero-order valence-electron chi connectivity index (χ0n) is 17.4. The molecule has 0 radical (unpaired) electrons. The lowest BCUT2D eigenvalue weighted by atomic mass is 10.1. The molecular formula is C23H24ClF3N2O3. The fourth-order valence-electron chi connectivity index (χ4n) is 3.44. The Morgan fingerprint density at radius 1 is 1.03 bits per heavy atom. The van der Waals surface area contributed by atoms with Crippen LogP contribution in [0.15, 0.2) is 42.5 Å². The molecule has 2 amide bonds. The van der Waals surface area contributed by atoms with Crippen LogP contribution in [0.5, 0.6) is 5.75 Å². The van der Waals surface area contributed by atoms with Crippen LogP contribution in [0.4, 0.5) is 13.2 Å². The summed E-state index contributed by atoms with van der Waals surface area (Å²) in [6.45, 7) is 1.50. The maximum atomic E-state index is 13.0. The third kappa shape index (κ3) is 6.38. The summed E-state index contributed by atoms with van der Waals surface area (Å²) in [5.41, 5.74) is -0.465.